The van der Waals surface area contributed by atoms with E-state index >= 15 is 0 Å². The predicted molar refractivity (Wildman–Crippen MR) is 113 cm³/mol. The van der Waals surface area contributed by atoms with Crippen molar-refractivity contribution in [3.8, 4) is 17.2 Å². The first-order valence-electron chi connectivity index (χ1n) is 9.60. The average molecular weight is 427 g/mol. The number of hydrogen-bond donors (Lipinski definition) is 1. The predicted octanol–water partition coefficient (Wildman–Crippen LogP) is 2.78. The van der Waals surface area contributed by atoms with Crippen LogP contribution in [0.4, 0.5) is 0 Å². The quantitative estimate of drug-likeness (QED) is 0.393. The SMILES string of the molecule is COCCN1C(=O)C(=O)/C(=C(/O)c2cc(OC)ccc2OC)C1c1ccc(OC)cc1. The second-order valence-electron chi connectivity index (χ2n) is 6.82. The van der Waals surface area contributed by atoms with Crippen LogP contribution in [-0.4, -0.2) is 63.3 Å². The van der Waals surface area contributed by atoms with Crippen LogP contribution in [0.3, 0.4) is 0 Å². The molecule has 0 spiro atoms. The molecule has 1 unspecified atom stereocenters. The van der Waals surface area contributed by atoms with E-state index in [1.807, 2.05) is 0 Å². The van der Waals surface area contributed by atoms with Gasteiger partial charge in [-0.05, 0) is 35.9 Å². The third kappa shape index (κ3) is 4.20. The number of aliphatic hydroxyl groups excluding tert-OH is 1. The summed E-state index contributed by atoms with van der Waals surface area (Å²) < 4.78 is 20.9. The standard InChI is InChI=1S/C23H25NO7/c1-28-12-11-24-20(14-5-7-15(29-2)8-6-14)19(22(26)23(24)27)21(25)17-13-16(30-3)9-10-18(17)31-4/h5-10,13,20,25H,11-12H2,1-4H3/b21-19+. The van der Waals surface area contributed by atoms with Crippen molar-refractivity contribution in [3.63, 3.8) is 0 Å². The molecule has 1 saturated heterocycles. The van der Waals surface area contributed by atoms with Gasteiger partial charge in [0.25, 0.3) is 11.7 Å². The van der Waals surface area contributed by atoms with Crippen molar-refractivity contribution in [1.29, 1.82) is 0 Å². The third-order valence-electron chi connectivity index (χ3n) is 5.17. The second kappa shape index (κ2) is 9.53. The number of nitrogens with zero attached hydrogens (tertiary/aromatic N) is 1. The van der Waals surface area contributed by atoms with Crippen LogP contribution in [0, 0.1) is 0 Å². The molecule has 3 rings (SSSR count). The summed E-state index contributed by atoms with van der Waals surface area (Å²) in [6, 6.07) is 11.0. The fourth-order valence-corrected chi connectivity index (χ4v) is 3.58. The van der Waals surface area contributed by atoms with Gasteiger partial charge in [-0.3, -0.25) is 9.59 Å². The number of Topliss-reactive ketones (excluding diaryl/α,β-unsaturated/α-hetero) is 1. The third-order valence-corrected chi connectivity index (χ3v) is 5.17. The van der Waals surface area contributed by atoms with Crippen molar-refractivity contribution in [2.75, 3.05) is 41.6 Å². The molecular weight excluding hydrogens is 402 g/mol. The number of aliphatic hydroxyl groups is 1. The molecule has 1 amide bonds. The van der Waals surface area contributed by atoms with Gasteiger partial charge in [-0.15, -0.1) is 0 Å². The summed E-state index contributed by atoms with van der Waals surface area (Å²) in [5.74, 6) is -0.380. The molecule has 2 aromatic carbocycles. The lowest BCUT2D eigenvalue weighted by atomic mass is 9.95. The van der Waals surface area contributed by atoms with Crippen LogP contribution in [0.5, 0.6) is 17.2 Å². The molecule has 8 nitrogen and oxygen atoms in total. The molecule has 1 heterocycles. The van der Waals surface area contributed by atoms with Crippen molar-refractivity contribution in [2.24, 2.45) is 0 Å². The Morgan fingerprint density at radius 3 is 2.16 bits per heavy atom. The van der Waals surface area contributed by atoms with Gasteiger partial charge in [0.05, 0.1) is 45.1 Å². The molecule has 0 saturated carbocycles. The average Bonchev–Trinajstić information content (AvgIpc) is 3.06. The van der Waals surface area contributed by atoms with E-state index in [1.165, 1.54) is 26.2 Å². The fourth-order valence-electron chi connectivity index (χ4n) is 3.58. The smallest absolute Gasteiger partial charge is 0.295 e. The monoisotopic (exact) mass is 427 g/mol. The summed E-state index contributed by atoms with van der Waals surface area (Å²) in [7, 11) is 6.01. The van der Waals surface area contributed by atoms with Crippen molar-refractivity contribution >= 4 is 17.4 Å². The maximum absolute atomic E-state index is 13.0. The number of methoxy groups -OCH3 is 4. The Morgan fingerprint density at radius 1 is 0.935 bits per heavy atom. The lowest BCUT2D eigenvalue weighted by Gasteiger charge is -2.25. The summed E-state index contributed by atoms with van der Waals surface area (Å²) in [6.07, 6.45) is 0. The zero-order valence-corrected chi connectivity index (χ0v) is 17.9. The van der Waals surface area contributed by atoms with E-state index in [4.69, 9.17) is 18.9 Å². The molecule has 1 fully saturated rings. The first kappa shape index (κ1) is 22.2. The highest BCUT2D eigenvalue weighted by atomic mass is 16.5. The van der Waals surface area contributed by atoms with Gasteiger partial charge in [-0.1, -0.05) is 12.1 Å². The summed E-state index contributed by atoms with van der Waals surface area (Å²) in [5, 5.41) is 11.2. The maximum atomic E-state index is 13.0. The number of rotatable bonds is 8. The van der Waals surface area contributed by atoms with Crippen LogP contribution < -0.4 is 14.2 Å². The van der Waals surface area contributed by atoms with E-state index in [9.17, 15) is 14.7 Å². The highest BCUT2D eigenvalue weighted by Crippen LogP contribution is 2.41. The van der Waals surface area contributed by atoms with Gasteiger partial charge >= 0.3 is 0 Å². The molecule has 1 aliphatic rings. The number of amides is 1. The van der Waals surface area contributed by atoms with Gasteiger partial charge in [0, 0.05) is 13.7 Å². The molecular formula is C23H25NO7. The minimum atomic E-state index is -0.794. The van der Waals surface area contributed by atoms with Gasteiger partial charge in [0.2, 0.25) is 0 Å². The van der Waals surface area contributed by atoms with Crippen LogP contribution in [0.15, 0.2) is 48.0 Å². The Kier molecular flexibility index (Phi) is 6.81. The van der Waals surface area contributed by atoms with E-state index in [0.29, 0.717) is 22.8 Å². The number of ether oxygens (including phenoxy) is 4. The van der Waals surface area contributed by atoms with Crippen LogP contribution in [0.25, 0.3) is 5.76 Å². The first-order valence-corrected chi connectivity index (χ1v) is 9.60. The molecule has 2 aromatic rings. The zero-order valence-electron chi connectivity index (χ0n) is 17.9. The Hall–Kier alpha value is -3.52. The van der Waals surface area contributed by atoms with Crippen molar-refractivity contribution in [1.82, 2.24) is 4.90 Å². The number of carbonyl (C=O) groups excluding carboxylic acids is 2. The molecule has 0 bridgehead atoms. The highest BCUT2D eigenvalue weighted by molar-refractivity contribution is 6.46. The topological polar surface area (TPSA) is 94.5 Å². The summed E-state index contributed by atoms with van der Waals surface area (Å²) in [6.45, 7) is 0.423. The lowest BCUT2D eigenvalue weighted by molar-refractivity contribution is -0.140. The van der Waals surface area contributed by atoms with E-state index in [-0.39, 0.29) is 30.0 Å². The first-order chi connectivity index (χ1) is 15.0. The molecule has 164 valence electrons. The minimum absolute atomic E-state index is 0.0298. The molecule has 1 atom stereocenters. The molecule has 8 heteroatoms. The second-order valence-corrected chi connectivity index (χ2v) is 6.82. The summed E-state index contributed by atoms with van der Waals surface area (Å²) in [4.78, 5) is 27.2. The molecule has 31 heavy (non-hydrogen) atoms. The Labute approximate surface area is 180 Å². The minimum Gasteiger partial charge on any atom is -0.507 e. The van der Waals surface area contributed by atoms with Gasteiger partial charge in [-0.25, -0.2) is 0 Å². The number of likely N-dealkylation sites (tertiary alicyclic amines) is 1. The molecule has 0 aromatic heterocycles. The van der Waals surface area contributed by atoms with Gasteiger partial charge in [0.1, 0.15) is 23.0 Å². The van der Waals surface area contributed by atoms with Gasteiger partial charge < -0.3 is 29.0 Å². The molecule has 0 aliphatic carbocycles. The van der Waals surface area contributed by atoms with E-state index in [0.717, 1.165) is 0 Å². The molecule has 1 aliphatic heterocycles. The normalized spacial score (nSPS) is 17.7. The van der Waals surface area contributed by atoms with Crippen LogP contribution >= 0.6 is 0 Å². The van der Waals surface area contributed by atoms with E-state index in [2.05, 4.69) is 0 Å². The zero-order chi connectivity index (χ0) is 22.5. The highest BCUT2D eigenvalue weighted by Gasteiger charge is 2.46. The number of hydrogen-bond acceptors (Lipinski definition) is 7. The number of ketones is 1. The fraction of sp³-hybridized carbons (Fsp3) is 0.304. The van der Waals surface area contributed by atoms with E-state index < -0.39 is 17.7 Å². The summed E-state index contributed by atoms with van der Waals surface area (Å²) >= 11 is 0. The number of benzene rings is 2. The van der Waals surface area contributed by atoms with Crippen molar-refractivity contribution in [2.45, 2.75) is 6.04 Å². The van der Waals surface area contributed by atoms with Crippen LogP contribution in [0.1, 0.15) is 17.2 Å². The Balaban J connectivity index is 2.21. The van der Waals surface area contributed by atoms with Crippen LogP contribution in [-0.2, 0) is 14.3 Å². The van der Waals surface area contributed by atoms with Gasteiger partial charge in [-0.2, -0.15) is 0 Å². The Bertz CT molecular complexity index is 997. The number of carbonyl (C=O) groups is 2. The van der Waals surface area contributed by atoms with Crippen LogP contribution in [0.2, 0.25) is 0 Å². The summed E-state index contributed by atoms with van der Waals surface area (Å²) in [5.41, 5.74) is 0.877. The van der Waals surface area contributed by atoms with E-state index in [1.54, 1.807) is 49.6 Å². The lowest BCUT2D eigenvalue weighted by Crippen LogP contribution is -2.32. The Morgan fingerprint density at radius 2 is 1.58 bits per heavy atom. The molecule has 1 N–H and O–H groups in total. The van der Waals surface area contributed by atoms with Crippen molar-refractivity contribution in [3.05, 3.63) is 59.2 Å². The van der Waals surface area contributed by atoms with Gasteiger partial charge in [0.15, 0.2) is 0 Å². The maximum Gasteiger partial charge on any atom is 0.295 e. The largest absolute Gasteiger partial charge is 0.507 e. The molecule has 0 radical (unpaired) electrons. The van der Waals surface area contributed by atoms with Crippen molar-refractivity contribution < 1.29 is 33.6 Å².